The van der Waals surface area contributed by atoms with Crippen molar-refractivity contribution in [2.75, 3.05) is 23.3 Å². The van der Waals surface area contributed by atoms with Gasteiger partial charge in [0.05, 0.1) is 40.9 Å². The van der Waals surface area contributed by atoms with Crippen LogP contribution in [0.15, 0.2) is 30.6 Å². The highest BCUT2D eigenvalue weighted by Crippen LogP contribution is 2.34. The van der Waals surface area contributed by atoms with Gasteiger partial charge >= 0.3 is 6.09 Å². The number of fused-ring (bicyclic) bond motifs is 2. The molecule has 0 aliphatic carbocycles. The molecule has 0 spiro atoms. The summed E-state index contributed by atoms with van der Waals surface area (Å²) in [5, 5.41) is 7.71. The van der Waals surface area contributed by atoms with Crippen molar-refractivity contribution in [2.45, 2.75) is 72.7 Å². The zero-order valence-electron chi connectivity index (χ0n) is 24.3. The molecular weight excluding hydrogens is 532 g/mol. The van der Waals surface area contributed by atoms with Crippen LogP contribution in [0.25, 0.3) is 16.6 Å². The number of carbonyl (C=O) groups excluding carboxylic acids is 2. The van der Waals surface area contributed by atoms with Crippen molar-refractivity contribution in [1.29, 1.82) is 0 Å². The third-order valence-corrected chi connectivity index (χ3v) is 6.94. The highest BCUT2D eigenvalue weighted by atomic mass is 19.1. The fourth-order valence-electron chi connectivity index (χ4n) is 5.43. The molecule has 2 atom stereocenters. The molecule has 1 N–H and O–H groups in total. The SMILES string of the molecule is CC(=O)Cn1nc(Nc2cc(F)c3nc(C)cn3c2)c2c(F)cc(N3C[C@H](C)N(C(=O)OC(C)(C)C)[C@@H](C)C3)cc21. The maximum absolute atomic E-state index is 15.9. The third kappa shape index (κ3) is 5.68. The van der Waals surface area contributed by atoms with Gasteiger partial charge in [0.2, 0.25) is 0 Å². The van der Waals surface area contributed by atoms with Crippen molar-refractivity contribution >= 4 is 45.6 Å². The molecule has 0 unspecified atom stereocenters. The zero-order valence-corrected chi connectivity index (χ0v) is 24.3. The van der Waals surface area contributed by atoms with Crippen LogP contribution in [0.3, 0.4) is 0 Å². The number of pyridine rings is 1. The smallest absolute Gasteiger partial charge is 0.410 e. The molecule has 12 heteroatoms. The van der Waals surface area contributed by atoms with Crippen molar-refractivity contribution in [2.24, 2.45) is 0 Å². The van der Waals surface area contributed by atoms with Crippen LogP contribution >= 0.6 is 0 Å². The van der Waals surface area contributed by atoms with Crippen molar-refractivity contribution in [1.82, 2.24) is 24.1 Å². The predicted octanol–water partition coefficient (Wildman–Crippen LogP) is 5.44. The maximum atomic E-state index is 15.9. The summed E-state index contributed by atoms with van der Waals surface area (Å²) >= 11 is 0. The molecule has 1 aliphatic heterocycles. The molecule has 0 radical (unpaired) electrons. The van der Waals surface area contributed by atoms with E-state index in [2.05, 4.69) is 15.4 Å². The monoisotopic (exact) mass is 567 g/mol. The van der Waals surface area contributed by atoms with E-state index in [-0.39, 0.29) is 47.4 Å². The minimum absolute atomic E-state index is 0.0611. The summed E-state index contributed by atoms with van der Waals surface area (Å²) in [5.74, 6) is -1.06. The molecule has 0 bridgehead atoms. The van der Waals surface area contributed by atoms with Gasteiger partial charge in [-0.05, 0) is 60.6 Å². The Morgan fingerprint density at radius 2 is 1.76 bits per heavy atom. The quantitative estimate of drug-likeness (QED) is 0.343. The second-order valence-corrected chi connectivity index (χ2v) is 11.8. The number of hydrogen-bond acceptors (Lipinski definition) is 7. The van der Waals surface area contributed by atoms with Gasteiger partial charge in [0, 0.05) is 37.2 Å². The molecule has 1 aromatic carbocycles. The third-order valence-electron chi connectivity index (χ3n) is 6.94. The van der Waals surface area contributed by atoms with Gasteiger partial charge in [0.25, 0.3) is 0 Å². The molecule has 1 aliphatic rings. The molecule has 4 heterocycles. The fourth-order valence-corrected chi connectivity index (χ4v) is 5.43. The number of anilines is 3. The molecular formula is C29H35F2N7O3. The lowest BCUT2D eigenvalue weighted by molar-refractivity contribution is -0.117. The topological polar surface area (TPSA) is 97.0 Å². The van der Waals surface area contributed by atoms with E-state index in [0.29, 0.717) is 35.7 Å². The Kier molecular flexibility index (Phi) is 7.12. The number of ketones is 1. The molecule has 218 valence electrons. The van der Waals surface area contributed by atoms with Crippen molar-refractivity contribution < 1.29 is 23.1 Å². The van der Waals surface area contributed by atoms with Crippen LogP contribution in [0.4, 0.5) is 30.8 Å². The summed E-state index contributed by atoms with van der Waals surface area (Å²) in [7, 11) is 0. The van der Waals surface area contributed by atoms with E-state index in [0.717, 1.165) is 0 Å². The number of carbonyl (C=O) groups is 2. The summed E-state index contributed by atoms with van der Waals surface area (Å²) in [5.41, 5.74) is 1.61. The van der Waals surface area contributed by atoms with E-state index < -0.39 is 17.2 Å². The minimum atomic E-state index is -0.613. The van der Waals surface area contributed by atoms with Gasteiger partial charge in [-0.3, -0.25) is 14.4 Å². The molecule has 4 aromatic rings. The summed E-state index contributed by atoms with van der Waals surface area (Å²) in [6.45, 7) is 13.4. The predicted molar refractivity (Wildman–Crippen MR) is 153 cm³/mol. The van der Waals surface area contributed by atoms with Gasteiger partial charge in [-0.2, -0.15) is 5.10 Å². The first-order valence-corrected chi connectivity index (χ1v) is 13.6. The fraction of sp³-hybridized carbons (Fsp3) is 0.448. The molecule has 1 amide bonds. The first-order chi connectivity index (χ1) is 19.2. The number of aryl methyl sites for hydroxylation is 1. The average molecular weight is 568 g/mol. The molecule has 5 rings (SSSR count). The van der Waals surface area contributed by atoms with Gasteiger partial charge < -0.3 is 19.4 Å². The highest BCUT2D eigenvalue weighted by molar-refractivity contribution is 5.95. The number of ether oxygens (including phenoxy) is 1. The van der Waals surface area contributed by atoms with E-state index in [1.807, 2.05) is 39.5 Å². The van der Waals surface area contributed by atoms with Gasteiger partial charge in [0.1, 0.15) is 11.4 Å². The lowest BCUT2D eigenvalue weighted by Crippen LogP contribution is -2.59. The van der Waals surface area contributed by atoms with Crippen LogP contribution < -0.4 is 10.2 Å². The number of rotatable bonds is 5. The van der Waals surface area contributed by atoms with Crippen LogP contribution in [0.5, 0.6) is 0 Å². The van der Waals surface area contributed by atoms with Crippen LogP contribution in [-0.4, -0.2) is 66.7 Å². The first-order valence-electron chi connectivity index (χ1n) is 13.6. The maximum Gasteiger partial charge on any atom is 0.410 e. The van der Waals surface area contributed by atoms with E-state index in [4.69, 9.17) is 4.74 Å². The number of piperazine rings is 1. The molecule has 1 saturated heterocycles. The first kappa shape index (κ1) is 28.3. The van der Waals surface area contributed by atoms with Gasteiger partial charge in [-0.15, -0.1) is 0 Å². The zero-order chi connectivity index (χ0) is 29.8. The van der Waals surface area contributed by atoms with Crippen molar-refractivity contribution in [3.05, 3.63) is 47.9 Å². The number of imidazole rings is 1. The van der Waals surface area contributed by atoms with Crippen molar-refractivity contribution in [3.63, 3.8) is 0 Å². The Morgan fingerprint density at radius 1 is 1.07 bits per heavy atom. The second kappa shape index (κ2) is 10.3. The summed E-state index contributed by atoms with van der Waals surface area (Å²) in [6, 6.07) is 4.12. The Bertz CT molecular complexity index is 1640. The Morgan fingerprint density at radius 3 is 2.39 bits per heavy atom. The Hall–Kier alpha value is -4.22. The van der Waals surface area contributed by atoms with Crippen LogP contribution in [-0.2, 0) is 16.1 Å². The van der Waals surface area contributed by atoms with Gasteiger partial charge in [-0.1, -0.05) is 0 Å². The number of hydrogen-bond donors (Lipinski definition) is 1. The normalized spacial score (nSPS) is 17.9. The van der Waals surface area contributed by atoms with E-state index in [1.165, 1.54) is 23.7 Å². The Labute approximate surface area is 236 Å². The van der Waals surface area contributed by atoms with Crippen LogP contribution in [0.1, 0.15) is 47.2 Å². The number of nitrogens with zero attached hydrogens (tertiary/aromatic N) is 6. The van der Waals surface area contributed by atoms with Crippen molar-refractivity contribution in [3.8, 4) is 0 Å². The summed E-state index contributed by atoms with van der Waals surface area (Å²) in [6.07, 6.45) is 2.95. The van der Waals surface area contributed by atoms with E-state index >= 15 is 4.39 Å². The number of benzene rings is 1. The highest BCUT2D eigenvalue weighted by Gasteiger charge is 2.36. The summed E-state index contributed by atoms with van der Waals surface area (Å²) in [4.78, 5) is 32.8. The van der Waals surface area contributed by atoms with Crippen LogP contribution in [0, 0.1) is 18.6 Å². The number of nitrogens with one attached hydrogen (secondary N) is 1. The minimum Gasteiger partial charge on any atom is -0.444 e. The van der Waals surface area contributed by atoms with E-state index in [9.17, 15) is 14.0 Å². The average Bonchev–Trinajstić information content (AvgIpc) is 3.37. The largest absolute Gasteiger partial charge is 0.444 e. The number of amides is 1. The number of aromatic nitrogens is 4. The second-order valence-electron chi connectivity index (χ2n) is 11.8. The van der Waals surface area contributed by atoms with Gasteiger partial charge in [0.15, 0.2) is 23.1 Å². The van der Waals surface area contributed by atoms with Gasteiger partial charge in [-0.25, -0.2) is 18.6 Å². The lowest BCUT2D eigenvalue weighted by Gasteiger charge is -2.45. The standard InChI is InChI=1S/C29H35F2N7O3/c1-16-11-36-15-20(8-23(31)27(36)32-16)33-26-25-22(30)9-21(10-24(25)37(34-26)14-19(4)39)35-12-17(2)38(18(3)13-35)28(40)41-29(5,6)7/h8-11,15,17-18H,12-14H2,1-7H3,(H,33,34)/t17-,18-/m0/s1. The number of halogens is 2. The number of Topliss-reactive ketones (excluding diaryl/α,β-unsaturated/α-hetero) is 1. The molecule has 10 nitrogen and oxygen atoms in total. The molecule has 41 heavy (non-hydrogen) atoms. The molecule has 0 saturated carbocycles. The lowest BCUT2D eigenvalue weighted by atomic mass is 10.1. The van der Waals surface area contributed by atoms with E-state index in [1.54, 1.807) is 34.7 Å². The molecule has 3 aromatic heterocycles. The van der Waals surface area contributed by atoms with Crippen LogP contribution in [0.2, 0.25) is 0 Å². The molecule has 1 fully saturated rings. The Balaban J connectivity index is 1.49. The summed E-state index contributed by atoms with van der Waals surface area (Å²) < 4.78 is 39.2.